The van der Waals surface area contributed by atoms with E-state index >= 15 is 4.39 Å². The molecule has 8 heteroatoms. The summed E-state index contributed by atoms with van der Waals surface area (Å²) in [5.41, 5.74) is 2.70. The first kappa shape index (κ1) is 21.6. The van der Waals surface area contributed by atoms with E-state index in [9.17, 15) is 5.11 Å². The number of hydrogen-bond acceptors (Lipinski definition) is 6. The molecule has 1 aliphatic rings. The third-order valence-corrected chi connectivity index (χ3v) is 6.77. The molecule has 5 aromatic rings. The molecular weight excluding hydrogens is 445 g/mol. The van der Waals surface area contributed by atoms with Gasteiger partial charge in [-0.1, -0.05) is 11.2 Å². The molecule has 1 atom stereocenters. The summed E-state index contributed by atoms with van der Waals surface area (Å²) < 4.78 is 21.0. The van der Waals surface area contributed by atoms with E-state index in [4.69, 9.17) is 9.51 Å². The first-order valence-electron chi connectivity index (χ1n) is 11.6. The van der Waals surface area contributed by atoms with Crippen LogP contribution < -0.4 is 0 Å². The Morgan fingerprint density at radius 1 is 1.03 bits per heavy atom. The van der Waals surface area contributed by atoms with Gasteiger partial charge in [-0.15, -0.1) is 0 Å². The van der Waals surface area contributed by atoms with E-state index in [1.165, 1.54) is 12.3 Å². The lowest BCUT2D eigenvalue weighted by Crippen LogP contribution is -2.32. The number of aromatic nitrogens is 5. The van der Waals surface area contributed by atoms with Gasteiger partial charge in [-0.25, -0.2) is 9.37 Å². The third-order valence-electron chi connectivity index (χ3n) is 6.77. The summed E-state index contributed by atoms with van der Waals surface area (Å²) in [4.78, 5) is 16.9. The zero-order valence-corrected chi connectivity index (χ0v) is 19.6. The predicted octanol–water partition coefficient (Wildman–Crippen LogP) is 5.23. The molecular formula is C27H24FN5O2. The van der Waals surface area contributed by atoms with Gasteiger partial charge in [-0.3, -0.25) is 9.97 Å². The Balaban J connectivity index is 1.73. The molecule has 1 saturated carbocycles. The van der Waals surface area contributed by atoms with Crippen molar-refractivity contribution in [1.82, 2.24) is 25.1 Å². The van der Waals surface area contributed by atoms with Gasteiger partial charge >= 0.3 is 0 Å². The molecule has 0 bridgehead atoms. The Bertz CT molecular complexity index is 1550. The maximum Gasteiger partial charge on any atom is 0.162 e. The van der Waals surface area contributed by atoms with Crippen molar-refractivity contribution in [2.24, 2.45) is 0 Å². The van der Waals surface area contributed by atoms with Gasteiger partial charge in [-0.2, -0.15) is 0 Å². The quantitative estimate of drug-likeness (QED) is 0.365. The van der Waals surface area contributed by atoms with Crippen molar-refractivity contribution in [2.45, 2.75) is 45.1 Å². The average Bonchev–Trinajstić information content (AvgIpc) is 3.54. The Labute approximate surface area is 201 Å². The Morgan fingerprint density at radius 3 is 2.54 bits per heavy atom. The van der Waals surface area contributed by atoms with Crippen LogP contribution in [-0.4, -0.2) is 30.2 Å². The van der Waals surface area contributed by atoms with Crippen molar-refractivity contribution >= 4 is 11.0 Å². The lowest BCUT2D eigenvalue weighted by molar-refractivity contribution is 0.117. The molecule has 1 aromatic carbocycles. The second-order valence-corrected chi connectivity index (χ2v) is 9.20. The summed E-state index contributed by atoms with van der Waals surface area (Å²) in [5.74, 6) is 1.30. The zero-order chi connectivity index (χ0) is 24.3. The third kappa shape index (κ3) is 3.36. The number of fused-ring (bicyclic) bond motifs is 1. The largest absolute Gasteiger partial charge is 0.374 e. The second-order valence-electron chi connectivity index (χ2n) is 9.20. The number of hydrogen-bond donors (Lipinski definition) is 2. The highest BCUT2D eigenvalue weighted by atomic mass is 19.1. The highest BCUT2D eigenvalue weighted by Crippen LogP contribution is 2.45. The molecule has 6 rings (SSSR count). The summed E-state index contributed by atoms with van der Waals surface area (Å²) in [6.45, 7) is 5.29. The minimum atomic E-state index is -1.93. The monoisotopic (exact) mass is 469 g/mol. The van der Waals surface area contributed by atoms with Gasteiger partial charge in [0.05, 0.1) is 28.1 Å². The maximum absolute atomic E-state index is 15.6. The number of benzene rings is 1. The lowest BCUT2D eigenvalue weighted by atomic mass is 9.81. The highest BCUT2D eigenvalue weighted by Gasteiger charge is 2.41. The van der Waals surface area contributed by atoms with Crippen LogP contribution in [0.4, 0.5) is 4.39 Å². The number of aromatic amines is 1. The number of nitrogens with zero attached hydrogens (tertiary/aromatic N) is 4. The lowest BCUT2D eigenvalue weighted by Gasteiger charge is -2.30. The Hall–Kier alpha value is -3.91. The SMILES string of the molecule is Cc1nccc(C(O)(c2ccccn2)c2cc(-c3c(C)noc3C)cc3[nH]c(C4CC4)nc23)c1F. The van der Waals surface area contributed by atoms with E-state index in [1.807, 2.05) is 26.0 Å². The number of aliphatic hydroxyl groups is 1. The van der Waals surface area contributed by atoms with Crippen LogP contribution in [0.5, 0.6) is 0 Å². The number of pyridine rings is 2. The van der Waals surface area contributed by atoms with Crippen molar-refractivity contribution in [2.75, 3.05) is 0 Å². The molecule has 0 radical (unpaired) electrons. The van der Waals surface area contributed by atoms with Crippen LogP contribution in [0.15, 0.2) is 53.3 Å². The van der Waals surface area contributed by atoms with Crippen molar-refractivity contribution in [3.63, 3.8) is 0 Å². The fourth-order valence-corrected chi connectivity index (χ4v) is 4.83. The molecule has 0 spiro atoms. The number of aryl methyl sites for hydroxylation is 3. The smallest absolute Gasteiger partial charge is 0.162 e. The molecule has 1 unspecified atom stereocenters. The molecule has 4 aromatic heterocycles. The van der Waals surface area contributed by atoms with Gasteiger partial charge in [0.2, 0.25) is 0 Å². The van der Waals surface area contributed by atoms with E-state index in [-0.39, 0.29) is 17.0 Å². The molecule has 35 heavy (non-hydrogen) atoms. The average molecular weight is 470 g/mol. The molecule has 2 N–H and O–H groups in total. The summed E-state index contributed by atoms with van der Waals surface area (Å²) in [5, 5.41) is 16.6. The van der Waals surface area contributed by atoms with E-state index in [1.54, 1.807) is 31.3 Å². The molecule has 1 aliphatic carbocycles. The fraction of sp³-hybridized carbons (Fsp3) is 0.259. The Morgan fingerprint density at radius 2 is 1.86 bits per heavy atom. The van der Waals surface area contributed by atoms with Crippen LogP contribution >= 0.6 is 0 Å². The van der Waals surface area contributed by atoms with Gasteiger partial charge in [0.1, 0.15) is 11.6 Å². The van der Waals surface area contributed by atoms with E-state index in [2.05, 4.69) is 20.1 Å². The number of H-pyrrole nitrogens is 1. The van der Waals surface area contributed by atoms with Gasteiger partial charge in [0, 0.05) is 35.0 Å². The number of nitrogens with one attached hydrogen (secondary N) is 1. The van der Waals surface area contributed by atoms with Crippen LogP contribution in [0, 0.1) is 26.6 Å². The maximum atomic E-state index is 15.6. The topological polar surface area (TPSA) is 101 Å². The van der Waals surface area contributed by atoms with E-state index in [0.29, 0.717) is 22.8 Å². The minimum absolute atomic E-state index is 0.0666. The Kier molecular flexibility index (Phi) is 4.82. The van der Waals surface area contributed by atoms with Crippen LogP contribution in [0.2, 0.25) is 0 Å². The van der Waals surface area contributed by atoms with Gasteiger partial charge < -0.3 is 14.6 Å². The zero-order valence-electron chi connectivity index (χ0n) is 19.6. The van der Waals surface area contributed by atoms with Gasteiger partial charge in [0.15, 0.2) is 11.4 Å². The van der Waals surface area contributed by atoms with E-state index < -0.39 is 11.4 Å². The molecule has 4 heterocycles. The van der Waals surface area contributed by atoms with Crippen LogP contribution in [0.3, 0.4) is 0 Å². The van der Waals surface area contributed by atoms with Crippen LogP contribution in [0.1, 0.15) is 58.6 Å². The normalized spacial score (nSPS) is 15.5. The number of imidazole rings is 1. The fourth-order valence-electron chi connectivity index (χ4n) is 4.83. The standard InChI is InChI=1S/C27H24FN5O2/c1-14-23(16(3)35-33-14)18-12-20(25-21(13-18)31-26(32-25)17-7-8-17)27(34,22-6-4-5-10-30-22)19-9-11-29-15(2)24(19)28/h4-6,9-13,17,34H,7-8H2,1-3H3,(H,31,32). The van der Waals surface area contributed by atoms with Crippen molar-refractivity contribution in [1.29, 1.82) is 0 Å². The number of halogens is 1. The summed E-state index contributed by atoms with van der Waals surface area (Å²) in [7, 11) is 0. The predicted molar refractivity (Wildman–Crippen MR) is 128 cm³/mol. The van der Waals surface area contributed by atoms with Crippen LogP contribution in [-0.2, 0) is 5.60 Å². The second kappa shape index (κ2) is 7.81. The van der Waals surface area contributed by atoms with E-state index in [0.717, 1.165) is 41.0 Å². The van der Waals surface area contributed by atoms with Gasteiger partial charge in [0.25, 0.3) is 0 Å². The first-order valence-corrected chi connectivity index (χ1v) is 11.6. The van der Waals surface area contributed by atoms with Crippen molar-refractivity contribution in [3.8, 4) is 11.1 Å². The molecule has 7 nitrogen and oxygen atoms in total. The summed E-state index contributed by atoms with van der Waals surface area (Å²) >= 11 is 0. The molecule has 1 fully saturated rings. The van der Waals surface area contributed by atoms with Crippen molar-refractivity contribution in [3.05, 3.63) is 94.4 Å². The molecule has 0 saturated heterocycles. The molecule has 0 amide bonds. The van der Waals surface area contributed by atoms with Gasteiger partial charge in [-0.05, 0) is 69.5 Å². The molecule has 0 aliphatic heterocycles. The first-order chi connectivity index (χ1) is 16.9. The molecule has 176 valence electrons. The summed E-state index contributed by atoms with van der Waals surface area (Å²) in [6, 6.07) is 10.5. The highest BCUT2D eigenvalue weighted by molar-refractivity contribution is 5.88. The van der Waals surface area contributed by atoms with Crippen LogP contribution in [0.25, 0.3) is 22.2 Å². The number of rotatable bonds is 5. The summed E-state index contributed by atoms with van der Waals surface area (Å²) in [6.07, 6.45) is 5.21. The van der Waals surface area contributed by atoms with Crippen molar-refractivity contribution < 1.29 is 14.0 Å². The minimum Gasteiger partial charge on any atom is -0.374 e.